The molecule has 0 atom stereocenters. The van der Waals surface area contributed by atoms with Crippen molar-refractivity contribution in [3.8, 4) is 0 Å². The average Bonchev–Trinajstić information content (AvgIpc) is 1.66. The Morgan fingerprint density at radius 1 is 0.900 bits per heavy atom. The van der Waals surface area contributed by atoms with E-state index < -0.39 is 0 Å². The molecule has 0 aromatic heterocycles. The summed E-state index contributed by atoms with van der Waals surface area (Å²) in [5.74, 6) is 0. The molecule has 0 radical (unpaired) electrons. The van der Waals surface area contributed by atoms with Gasteiger partial charge in [0.05, 0.1) is 0 Å². The third kappa shape index (κ3) is 2740. The van der Waals surface area contributed by atoms with Crippen LogP contribution < -0.4 is 22.9 Å². The predicted molar refractivity (Wildman–Crippen MR) is 47.8 cm³/mol. The van der Waals surface area contributed by atoms with Crippen LogP contribution >= 0.6 is 33.6 Å². The Hall–Kier alpha value is 0.410. The maximum atomic E-state index is 4.62. The minimum atomic E-state index is 0.000000000000000222. The molecule has 8 N–H and O–H groups in total. The monoisotopic (exact) mass is 384 g/mol. The third-order valence-corrected chi connectivity index (χ3v) is 0. The average molecular weight is 385 g/mol. The Balaban J connectivity index is -0.0000000787. The molecule has 0 rings (SSSR count). The summed E-state index contributed by atoms with van der Waals surface area (Å²) in [7, 11) is 4.58. The molecule has 0 saturated heterocycles. The number of hydrogen-bond acceptors (Lipinski definition) is 2. The molecule has 0 aromatic carbocycles. The van der Waals surface area contributed by atoms with Gasteiger partial charge in [-0.3, -0.25) is 0 Å². The van der Waals surface area contributed by atoms with Gasteiger partial charge in [-0.05, 0) is 24.4 Å². The van der Waals surface area contributed by atoms with E-state index in [1.165, 1.54) is 0 Å². The van der Waals surface area contributed by atoms with Crippen LogP contribution in [-0.2, 0) is 20.0 Å². The molecule has 0 aliphatic carbocycles. The van der Waals surface area contributed by atoms with Crippen molar-refractivity contribution in [3.05, 3.63) is 0 Å². The molecule has 0 aliphatic rings. The Bertz CT molecular complexity index is 79.3. The van der Waals surface area contributed by atoms with Crippen molar-refractivity contribution >= 4 is 43.9 Å². The van der Waals surface area contributed by atoms with E-state index in [0.29, 0.717) is 0 Å². The van der Waals surface area contributed by atoms with Gasteiger partial charge in [0, 0.05) is 0 Å². The van der Waals surface area contributed by atoms with Crippen LogP contribution in [0.3, 0.4) is 0 Å². The van der Waals surface area contributed by atoms with E-state index in [9.17, 15) is 0 Å². The Morgan fingerprint density at radius 3 is 0.900 bits per heavy atom. The number of thiocarbonyl (C=S) groups is 2. The van der Waals surface area contributed by atoms with E-state index in [4.69, 9.17) is 0 Å². The first-order valence-electron chi connectivity index (χ1n) is 1.68. The van der Waals surface area contributed by atoms with Crippen LogP contribution in [0.25, 0.3) is 0 Å². The normalized spacial score (nSPS) is 5.50. The van der Waals surface area contributed by atoms with Crippen molar-refractivity contribution in [1.29, 1.82) is 0 Å². The van der Waals surface area contributed by atoms with Crippen LogP contribution in [0, 0.1) is 0 Å². The first kappa shape index (κ1) is 16.8. The molecule has 0 amide bonds. The molecule has 4 nitrogen and oxygen atoms in total. The van der Waals surface area contributed by atoms with Crippen molar-refractivity contribution in [3.63, 3.8) is 0 Å². The standard InChI is InChI=1S/2CH4N2S.Au.ClH/c2*2-1(3)4;;/h2*(H4,2,3,4);;1H/q;;+1;/p-1. The zero-order valence-electron chi connectivity index (χ0n) is 4.81. The fourth-order valence-corrected chi connectivity index (χ4v) is 0. The maximum absolute atomic E-state index is 4.62. The van der Waals surface area contributed by atoms with Gasteiger partial charge < -0.3 is 22.9 Å². The SMILES string of the molecule is NC(N)=S.NC(N)=S.[Cl][Au]. The van der Waals surface area contributed by atoms with Crippen molar-refractivity contribution in [1.82, 2.24) is 0 Å². The topological polar surface area (TPSA) is 104 Å². The molecule has 8 heteroatoms. The van der Waals surface area contributed by atoms with Gasteiger partial charge in [-0.25, -0.2) is 0 Å². The third-order valence-electron chi connectivity index (χ3n) is 0. The molecule has 10 heavy (non-hydrogen) atoms. The summed E-state index contributed by atoms with van der Waals surface area (Å²) >= 11 is 9.94. The molecule has 0 aliphatic heterocycles. The summed E-state index contributed by atoms with van der Waals surface area (Å²) in [4.78, 5) is 0. The summed E-state index contributed by atoms with van der Waals surface area (Å²) in [6.45, 7) is 0. The minimum absolute atomic E-state index is 0.000000000000000222. The second-order valence-corrected chi connectivity index (χ2v) is 1.75. The van der Waals surface area contributed by atoms with Crippen LogP contribution in [0.2, 0.25) is 0 Å². The van der Waals surface area contributed by atoms with Crippen molar-refractivity contribution in [2.24, 2.45) is 22.9 Å². The summed E-state index contributed by atoms with van der Waals surface area (Å²) in [5.41, 5.74) is 18.5. The summed E-state index contributed by atoms with van der Waals surface area (Å²) < 4.78 is 0. The van der Waals surface area contributed by atoms with Crippen LogP contribution in [0.15, 0.2) is 0 Å². The van der Waals surface area contributed by atoms with Gasteiger partial charge in [-0.2, -0.15) is 0 Å². The van der Waals surface area contributed by atoms with Crippen LogP contribution in [-0.4, -0.2) is 10.2 Å². The van der Waals surface area contributed by atoms with Gasteiger partial charge in [0.25, 0.3) is 0 Å². The second kappa shape index (κ2) is 16.2. The molecule has 66 valence electrons. The molecule has 0 fully saturated rings. The van der Waals surface area contributed by atoms with Crippen LogP contribution in [0.1, 0.15) is 0 Å². The number of rotatable bonds is 0. The van der Waals surface area contributed by atoms with Gasteiger partial charge in [-0.15, -0.1) is 0 Å². The van der Waals surface area contributed by atoms with Gasteiger partial charge in [0.15, 0.2) is 10.2 Å². The molecule has 0 aromatic rings. The summed E-state index contributed by atoms with van der Waals surface area (Å²) in [6.07, 6.45) is 0. The van der Waals surface area contributed by atoms with E-state index >= 15 is 0 Å². The molecule has 0 unspecified atom stereocenters. The van der Waals surface area contributed by atoms with E-state index in [1.807, 2.05) is 0 Å². The molecular formula is C2H8AuClN4S2. The van der Waals surface area contributed by atoms with Gasteiger partial charge in [-0.1, -0.05) is 0 Å². The van der Waals surface area contributed by atoms with Crippen molar-refractivity contribution in [2.75, 3.05) is 0 Å². The Labute approximate surface area is 86.4 Å². The Morgan fingerprint density at radius 2 is 0.900 bits per heavy atom. The van der Waals surface area contributed by atoms with E-state index in [0.717, 1.165) is 0 Å². The molecule has 0 spiro atoms. The summed E-state index contributed by atoms with van der Waals surface area (Å²) in [5, 5.41) is 0.000000000000000444. The van der Waals surface area contributed by atoms with E-state index in [2.05, 4.69) is 56.6 Å². The van der Waals surface area contributed by atoms with Crippen molar-refractivity contribution < 1.29 is 20.0 Å². The fourth-order valence-electron chi connectivity index (χ4n) is 0. The molecule has 0 bridgehead atoms. The van der Waals surface area contributed by atoms with Crippen LogP contribution in [0.4, 0.5) is 0 Å². The first-order valence-corrected chi connectivity index (χ1v) is 5.18. The zero-order valence-corrected chi connectivity index (χ0v) is 9.36. The fraction of sp³-hybridized carbons (Fsp3) is 0. The Kier molecular flexibility index (Phi) is 27.2. The molecular weight excluding hydrogens is 377 g/mol. The molecule has 0 heterocycles. The van der Waals surface area contributed by atoms with E-state index in [-0.39, 0.29) is 10.2 Å². The number of hydrogen-bond donors (Lipinski definition) is 4. The molecule has 0 saturated carbocycles. The predicted octanol–water partition coefficient (Wildman–Crippen LogP) is -0.936. The van der Waals surface area contributed by atoms with Gasteiger partial charge >= 0.3 is 29.2 Å². The number of halogens is 1. The second-order valence-electron chi connectivity index (χ2n) is 0.805. The van der Waals surface area contributed by atoms with Crippen molar-refractivity contribution in [2.45, 2.75) is 0 Å². The van der Waals surface area contributed by atoms with Crippen LogP contribution in [0.5, 0.6) is 0 Å². The quantitative estimate of drug-likeness (QED) is 0.318. The van der Waals surface area contributed by atoms with Gasteiger partial charge in [0.1, 0.15) is 0 Å². The zero-order chi connectivity index (χ0) is 9.15. The van der Waals surface area contributed by atoms with E-state index in [1.54, 1.807) is 20.0 Å². The summed E-state index contributed by atoms with van der Waals surface area (Å²) in [6, 6.07) is 0. The van der Waals surface area contributed by atoms with Gasteiger partial charge in [0.2, 0.25) is 0 Å². The number of nitrogens with two attached hydrogens (primary N) is 4. The first-order chi connectivity index (χ1) is 4.46.